The molecule has 0 saturated heterocycles. The van der Waals surface area contributed by atoms with Crippen molar-refractivity contribution >= 4 is 5.91 Å². The lowest BCUT2D eigenvalue weighted by atomic mass is 9.83. The molecule has 0 spiro atoms. The Morgan fingerprint density at radius 2 is 2.40 bits per heavy atom. The molecule has 2 unspecified atom stereocenters. The first-order valence-corrected chi connectivity index (χ1v) is 5.55. The van der Waals surface area contributed by atoms with E-state index >= 15 is 0 Å². The summed E-state index contributed by atoms with van der Waals surface area (Å²) in [4.78, 5) is 11.5. The fourth-order valence-corrected chi connectivity index (χ4v) is 2.35. The molecular weight excluding hydrogens is 188 g/mol. The summed E-state index contributed by atoms with van der Waals surface area (Å²) in [5, 5.41) is 5.99. The van der Waals surface area contributed by atoms with Crippen LogP contribution in [0.3, 0.4) is 0 Å². The number of hydrogen-bond donors (Lipinski definition) is 2. The Morgan fingerprint density at radius 1 is 1.60 bits per heavy atom. The van der Waals surface area contributed by atoms with Crippen LogP contribution in [0.25, 0.3) is 0 Å². The third-order valence-corrected chi connectivity index (χ3v) is 3.34. The molecule has 1 amide bonds. The number of amides is 1. The first-order chi connectivity index (χ1) is 7.22. The standard InChI is InChI=1S/C12H18N2O/c1-8-4-3-5-9-6-11(12(15)13-2)14-7-10(8)9/h3,5,8,11,14H,4,6-7H2,1-2H3,(H,13,15). The van der Waals surface area contributed by atoms with Gasteiger partial charge in [-0.1, -0.05) is 19.1 Å². The van der Waals surface area contributed by atoms with Crippen molar-refractivity contribution in [3.05, 3.63) is 23.3 Å². The highest BCUT2D eigenvalue weighted by molar-refractivity contribution is 5.82. The number of nitrogens with one attached hydrogen (secondary N) is 2. The quantitative estimate of drug-likeness (QED) is 0.671. The lowest BCUT2D eigenvalue weighted by Crippen LogP contribution is -2.47. The molecule has 3 heteroatoms. The summed E-state index contributed by atoms with van der Waals surface area (Å²) in [5.41, 5.74) is 2.85. The molecule has 0 saturated carbocycles. The molecule has 0 aromatic rings. The van der Waals surface area contributed by atoms with Gasteiger partial charge in [-0.25, -0.2) is 0 Å². The second-order valence-corrected chi connectivity index (χ2v) is 4.34. The highest BCUT2D eigenvalue weighted by atomic mass is 16.2. The Bertz CT molecular complexity index is 331. The van der Waals surface area contributed by atoms with Gasteiger partial charge in [0, 0.05) is 13.6 Å². The Labute approximate surface area is 90.6 Å². The van der Waals surface area contributed by atoms with E-state index in [1.165, 1.54) is 11.1 Å². The summed E-state index contributed by atoms with van der Waals surface area (Å²) >= 11 is 0. The van der Waals surface area contributed by atoms with E-state index in [4.69, 9.17) is 0 Å². The minimum absolute atomic E-state index is 0.0521. The van der Waals surface area contributed by atoms with Crippen LogP contribution in [0.15, 0.2) is 23.3 Å². The third kappa shape index (κ3) is 1.97. The zero-order valence-electron chi connectivity index (χ0n) is 9.34. The van der Waals surface area contributed by atoms with Crippen molar-refractivity contribution in [1.29, 1.82) is 0 Å². The van der Waals surface area contributed by atoms with Crippen LogP contribution in [0.4, 0.5) is 0 Å². The molecule has 1 heterocycles. The normalized spacial score (nSPS) is 30.0. The molecule has 2 atom stereocenters. The monoisotopic (exact) mass is 206 g/mol. The molecule has 3 nitrogen and oxygen atoms in total. The summed E-state index contributed by atoms with van der Waals surface area (Å²) in [6.07, 6.45) is 6.36. The maximum Gasteiger partial charge on any atom is 0.237 e. The maximum absolute atomic E-state index is 11.5. The van der Waals surface area contributed by atoms with Crippen molar-refractivity contribution in [2.75, 3.05) is 13.6 Å². The summed E-state index contributed by atoms with van der Waals surface area (Å²) in [6.45, 7) is 3.11. The number of carbonyl (C=O) groups is 1. The average Bonchev–Trinajstić information content (AvgIpc) is 2.28. The molecule has 1 aliphatic heterocycles. The van der Waals surface area contributed by atoms with Crippen molar-refractivity contribution in [3.8, 4) is 0 Å². The van der Waals surface area contributed by atoms with Crippen LogP contribution in [-0.4, -0.2) is 25.5 Å². The molecule has 2 aliphatic rings. The largest absolute Gasteiger partial charge is 0.358 e. The van der Waals surface area contributed by atoms with E-state index < -0.39 is 0 Å². The first-order valence-electron chi connectivity index (χ1n) is 5.55. The Hall–Kier alpha value is -1.09. The van der Waals surface area contributed by atoms with E-state index in [1.54, 1.807) is 7.05 Å². The van der Waals surface area contributed by atoms with Crippen molar-refractivity contribution in [2.45, 2.75) is 25.8 Å². The number of allylic oxidation sites excluding steroid dienone is 2. The summed E-state index contributed by atoms with van der Waals surface area (Å²) in [6, 6.07) is -0.0521. The van der Waals surface area contributed by atoms with E-state index in [2.05, 4.69) is 29.7 Å². The lowest BCUT2D eigenvalue weighted by molar-refractivity contribution is -0.122. The number of carbonyl (C=O) groups excluding carboxylic acids is 1. The van der Waals surface area contributed by atoms with Crippen molar-refractivity contribution < 1.29 is 4.79 Å². The number of hydrogen-bond acceptors (Lipinski definition) is 2. The molecule has 0 aromatic carbocycles. The van der Waals surface area contributed by atoms with Gasteiger partial charge in [0.05, 0.1) is 6.04 Å². The zero-order chi connectivity index (χ0) is 10.8. The zero-order valence-corrected chi connectivity index (χ0v) is 9.34. The van der Waals surface area contributed by atoms with Gasteiger partial charge < -0.3 is 10.6 Å². The molecule has 0 bridgehead atoms. The van der Waals surface area contributed by atoms with Gasteiger partial charge in [0.15, 0.2) is 0 Å². The summed E-state index contributed by atoms with van der Waals surface area (Å²) in [7, 11) is 1.69. The van der Waals surface area contributed by atoms with E-state index in [0.29, 0.717) is 5.92 Å². The van der Waals surface area contributed by atoms with Crippen molar-refractivity contribution in [2.24, 2.45) is 5.92 Å². The van der Waals surface area contributed by atoms with Crippen LogP contribution in [0.2, 0.25) is 0 Å². The molecule has 1 aliphatic carbocycles. The van der Waals surface area contributed by atoms with Crippen molar-refractivity contribution in [1.82, 2.24) is 10.6 Å². The number of rotatable bonds is 1. The van der Waals surface area contributed by atoms with Crippen LogP contribution >= 0.6 is 0 Å². The predicted octanol–water partition coefficient (Wildman–Crippen LogP) is 0.987. The van der Waals surface area contributed by atoms with Gasteiger partial charge in [-0.3, -0.25) is 4.79 Å². The fourth-order valence-electron chi connectivity index (χ4n) is 2.35. The average molecular weight is 206 g/mol. The maximum atomic E-state index is 11.5. The molecule has 2 rings (SSSR count). The minimum Gasteiger partial charge on any atom is -0.358 e. The molecule has 15 heavy (non-hydrogen) atoms. The fraction of sp³-hybridized carbons (Fsp3) is 0.583. The molecular formula is C12H18N2O. The minimum atomic E-state index is -0.0521. The van der Waals surface area contributed by atoms with E-state index in [1.807, 2.05) is 0 Å². The van der Waals surface area contributed by atoms with E-state index in [9.17, 15) is 4.79 Å². The van der Waals surface area contributed by atoms with Crippen LogP contribution in [0.1, 0.15) is 19.8 Å². The predicted molar refractivity (Wildman–Crippen MR) is 60.4 cm³/mol. The molecule has 0 aromatic heterocycles. The smallest absolute Gasteiger partial charge is 0.237 e. The second-order valence-electron chi connectivity index (χ2n) is 4.34. The SMILES string of the molecule is CNC(=O)C1CC2=C(CN1)C(C)CC=C2. The Balaban J connectivity index is 2.14. The van der Waals surface area contributed by atoms with Crippen molar-refractivity contribution in [3.63, 3.8) is 0 Å². The van der Waals surface area contributed by atoms with Gasteiger partial charge in [0.25, 0.3) is 0 Å². The molecule has 0 fully saturated rings. The van der Waals surface area contributed by atoms with Gasteiger partial charge in [-0.05, 0) is 29.9 Å². The van der Waals surface area contributed by atoms with Gasteiger partial charge in [-0.15, -0.1) is 0 Å². The summed E-state index contributed by atoms with van der Waals surface area (Å²) < 4.78 is 0. The topological polar surface area (TPSA) is 41.1 Å². The Morgan fingerprint density at radius 3 is 3.13 bits per heavy atom. The highest BCUT2D eigenvalue weighted by Gasteiger charge is 2.27. The third-order valence-electron chi connectivity index (χ3n) is 3.34. The van der Waals surface area contributed by atoms with Gasteiger partial charge in [0.1, 0.15) is 0 Å². The van der Waals surface area contributed by atoms with Crippen LogP contribution in [0, 0.1) is 5.92 Å². The van der Waals surface area contributed by atoms with Crippen LogP contribution < -0.4 is 10.6 Å². The molecule has 82 valence electrons. The first kappa shape index (κ1) is 10.4. The lowest BCUT2D eigenvalue weighted by Gasteiger charge is -2.31. The van der Waals surface area contributed by atoms with Gasteiger partial charge in [-0.2, -0.15) is 0 Å². The van der Waals surface area contributed by atoms with Gasteiger partial charge >= 0.3 is 0 Å². The van der Waals surface area contributed by atoms with E-state index in [0.717, 1.165) is 19.4 Å². The number of likely N-dealkylation sites (N-methyl/N-ethyl adjacent to an activating group) is 1. The van der Waals surface area contributed by atoms with Crippen LogP contribution in [0.5, 0.6) is 0 Å². The van der Waals surface area contributed by atoms with E-state index in [-0.39, 0.29) is 11.9 Å². The second kappa shape index (κ2) is 4.19. The van der Waals surface area contributed by atoms with Gasteiger partial charge in [0.2, 0.25) is 5.91 Å². The summed E-state index contributed by atoms with van der Waals surface area (Å²) in [5.74, 6) is 0.719. The van der Waals surface area contributed by atoms with Crippen LogP contribution in [-0.2, 0) is 4.79 Å². The Kier molecular flexibility index (Phi) is 2.91. The molecule has 0 radical (unpaired) electrons. The molecule has 2 N–H and O–H groups in total. The highest BCUT2D eigenvalue weighted by Crippen LogP contribution is 2.29.